The Labute approximate surface area is 243 Å². The Bertz CT molecular complexity index is 1740. The van der Waals surface area contributed by atoms with Gasteiger partial charge in [0.15, 0.2) is 11.3 Å². The SMILES string of the molecule is CCCOc1ccc(S(=O)(=O)N2CCC3(CC2)OCCO3)cc1-c1nc2c(CC)n(Cc3ccccn3)nc2c(=O)[nH]1. The highest BCUT2D eigenvalue weighted by atomic mass is 32.2. The van der Waals surface area contributed by atoms with Crippen molar-refractivity contribution in [1.29, 1.82) is 0 Å². The number of pyridine rings is 1. The normalized spacial score (nSPS) is 17.3. The fraction of sp³-hybridized carbons (Fsp3) is 0.448. The first kappa shape index (κ1) is 28.5. The van der Waals surface area contributed by atoms with E-state index in [4.69, 9.17) is 19.2 Å². The average molecular weight is 595 g/mol. The molecule has 4 aromatic rings. The fourth-order valence-corrected chi connectivity index (χ4v) is 6.98. The number of nitrogens with zero attached hydrogens (tertiary/aromatic N) is 5. The van der Waals surface area contributed by atoms with Gasteiger partial charge in [0.2, 0.25) is 10.0 Å². The molecule has 2 aliphatic heterocycles. The van der Waals surface area contributed by atoms with E-state index in [1.165, 1.54) is 16.4 Å². The Kier molecular flexibility index (Phi) is 7.83. The van der Waals surface area contributed by atoms with E-state index in [0.29, 0.717) is 62.5 Å². The first-order valence-corrected chi connectivity index (χ1v) is 15.7. The van der Waals surface area contributed by atoms with Gasteiger partial charge in [-0.2, -0.15) is 9.40 Å². The van der Waals surface area contributed by atoms with Crippen LogP contribution in [0, 0.1) is 0 Å². The van der Waals surface area contributed by atoms with Crippen molar-refractivity contribution in [3.05, 3.63) is 64.3 Å². The monoisotopic (exact) mass is 594 g/mol. The molecule has 222 valence electrons. The lowest BCUT2D eigenvalue weighted by atomic mass is 10.1. The predicted octanol–water partition coefficient (Wildman–Crippen LogP) is 3.11. The van der Waals surface area contributed by atoms with Crippen LogP contribution >= 0.6 is 0 Å². The van der Waals surface area contributed by atoms with E-state index in [1.54, 1.807) is 16.9 Å². The van der Waals surface area contributed by atoms with Crippen molar-refractivity contribution in [3.8, 4) is 17.1 Å². The van der Waals surface area contributed by atoms with Gasteiger partial charge in [-0.1, -0.05) is 19.9 Å². The molecule has 12 nitrogen and oxygen atoms in total. The van der Waals surface area contributed by atoms with Crippen LogP contribution in [0.3, 0.4) is 0 Å². The third kappa shape index (κ3) is 5.33. The first-order valence-electron chi connectivity index (χ1n) is 14.3. The number of piperidine rings is 1. The van der Waals surface area contributed by atoms with E-state index in [1.807, 2.05) is 32.0 Å². The minimum atomic E-state index is -3.85. The van der Waals surface area contributed by atoms with Crippen molar-refractivity contribution < 1.29 is 22.6 Å². The molecule has 0 saturated carbocycles. The molecule has 1 spiro atoms. The van der Waals surface area contributed by atoms with Crippen LogP contribution in [0.15, 0.2) is 52.3 Å². The highest BCUT2D eigenvalue weighted by molar-refractivity contribution is 7.89. The molecule has 0 amide bonds. The second kappa shape index (κ2) is 11.6. The quantitative estimate of drug-likeness (QED) is 0.309. The second-order valence-corrected chi connectivity index (χ2v) is 12.3. The number of aryl methyl sites for hydroxylation is 1. The smallest absolute Gasteiger partial charge is 0.279 e. The Morgan fingerprint density at radius 2 is 1.86 bits per heavy atom. The molecular formula is C29H34N6O6S. The number of sulfonamides is 1. The number of H-pyrrole nitrogens is 1. The van der Waals surface area contributed by atoms with Gasteiger partial charge in [-0.25, -0.2) is 13.4 Å². The third-order valence-corrected chi connectivity index (χ3v) is 9.57. The van der Waals surface area contributed by atoms with Crippen LogP contribution < -0.4 is 10.3 Å². The third-order valence-electron chi connectivity index (χ3n) is 7.68. The maximum absolute atomic E-state index is 13.7. The lowest BCUT2D eigenvalue weighted by Gasteiger charge is -2.36. The number of hydrogen-bond donors (Lipinski definition) is 1. The van der Waals surface area contributed by atoms with Crippen molar-refractivity contribution >= 4 is 21.1 Å². The molecule has 13 heteroatoms. The standard InChI is InChI=1S/C29H34N6O6S/c1-3-15-39-24-9-8-21(42(37,38)34-13-10-29(11-14-34)40-16-17-41-29)18-22(24)27-31-25-23(4-2)35(33-26(25)28(36)32-27)19-20-7-5-6-12-30-20/h5-9,12,18H,3-4,10-11,13-17,19H2,1-2H3,(H,31,32,36). The number of fused-ring (bicyclic) bond motifs is 1. The molecule has 1 aromatic carbocycles. The molecule has 0 bridgehead atoms. The van der Waals surface area contributed by atoms with Gasteiger partial charge in [0.1, 0.15) is 17.1 Å². The zero-order valence-corrected chi connectivity index (χ0v) is 24.5. The molecule has 42 heavy (non-hydrogen) atoms. The summed E-state index contributed by atoms with van der Waals surface area (Å²) in [6.07, 6.45) is 3.97. The van der Waals surface area contributed by atoms with Gasteiger partial charge in [0.05, 0.1) is 48.2 Å². The molecule has 3 aromatic heterocycles. The Morgan fingerprint density at radius 1 is 1.07 bits per heavy atom. The number of benzene rings is 1. The summed E-state index contributed by atoms with van der Waals surface area (Å²) in [5.41, 5.74) is 2.22. The molecule has 5 heterocycles. The van der Waals surface area contributed by atoms with Crippen molar-refractivity contribution in [2.24, 2.45) is 0 Å². The van der Waals surface area contributed by atoms with Gasteiger partial charge >= 0.3 is 0 Å². The summed E-state index contributed by atoms with van der Waals surface area (Å²) in [5, 5.41) is 4.55. The summed E-state index contributed by atoms with van der Waals surface area (Å²) in [6, 6.07) is 10.3. The predicted molar refractivity (Wildman–Crippen MR) is 155 cm³/mol. The summed E-state index contributed by atoms with van der Waals surface area (Å²) >= 11 is 0. The van der Waals surface area contributed by atoms with Crippen LogP contribution in [-0.4, -0.2) is 76.2 Å². The second-order valence-electron chi connectivity index (χ2n) is 10.4. The molecular weight excluding hydrogens is 560 g/mol. The highest BCUT2D eigenvalue weighted by Crippen LogP contribution is 2.36. The van der Waals surface area contributed by atoms with Crippen molar-refractivity contribution in [1.82, 2.24) is 29.0 Å². The lowest BCUT2D eigenvalue weighted by Crippen LogP contribution is -2.47. The summed E-state index contributed by atoms with van der Waals surface area (Å²) in [4.78, 5) is 25.4. The first-order chi connectivity index (χ1) is 20.3. The van der Waals surface area contributed by atoms with E-state index in [9.17, 15) is 13.2 Å². The van der Waals surface area contributed by atoms with E-state index < -0.39 is 21.4 Å². The topological polar surface area (TPSA) is 142 Å². The zero-order valence-electron chi connectivity index (χ0n) is 23.7. The van der Waals surface area contributed by atoms with Gasteiger partial charge < -0.3 is 19.2 Å². The van der Waals surface area contributed by atoms with Crippen molar-refractivity contribution in [2.45, 2.75) is 56.8 Å². The number of hydrogen-bond acceptors (Lipinski definition) is 9. The van der Waals surface area contributed by atoms with Crippen LogP contribution in [0.2, 0.25) is 0 Å². The number of rotatable bonds is 9. The summed E-state index contributed by atoms with van der Waals surface area (Å²) in [6.45, 7) is 6.36. The molecule has 0 atom stereocenters. The van der Waals surface area contributed by atoms with E-state index >= 15 is 0 Å². The Balaban J connectivity index is 1.39. The number of aromatic nitrogens is 5. The van der Waals surface area contributed by atoms with Gasteiger partial charge in [0.25, 0.3) is 5.56 Å². The van der Waals surface area contributed by atoms with Crippen LogP contribution in [-0.2, 0) is 32.5 Å². The zero-order chi connectivity index (χ0) is 29.3. The molecule has 0 radical (unpaired) electrons. The van der Waals surface area contributed by atoms with Gasteiger partial charge in [-0.3, -0.25) is 14.5 Å². The molecule has 1 N–H and O–H groups in total. The van der Waals surface area contributed by atoms with E-state index in [-0.39, 0.29) is 29.3 Å². The Hall–Kier alpha value is -3.65. The van der Waals surface area contributed by atoms with Crippen LogP contribution in [0.1, 0.15) is 44.5 Å². The number of nitrogens with one attached hydrogen (secondary N) is 1. The highest BCUT2D eigenvalue weighted by Gasteiger charge is 2.42. The summed E-state index contributed by atoms with van der Waals surface area (Å²) < 4.78 is 48.2. The summed E-state index contributed by atoms with van der Waals surface area (Å²) in [5.74, 6) is -0.0399. The summed E-state index contributed by atoms with van der Waals surface area (Å²) in [7, 11) is -3.85. The van der Waals surface area contributed by atoms with Crippen LogP contribution in [0.5, 0.6) is 5.75 Å². The molecule has 2 aliphatic rings. The maximum Gasteiger partial charge on any atom is 0.279 e. The van der Waals surface area contributed by atoms with Crippen molar-refractivity contribution in [2.75, 3.05) is 32.9 Å². The molecule has 0 unspecified atom stereocenters. The van der Waals surface area contributed by atoms with Crippen molar-refractivity contribution in [3.63, 3.8) is 0 Å². The number of ether oxygens (including phenoxy) is 3. The largest absolute Gasteiger partial charge is 0.493 e. The molecule has 6 rings (SSSR count). The Morgan fingerprint density at radius 3 is 2.55 bits per heavy atom. The van der Waals surface area contributed by atoms with Gasteiger partial charge in [-0.05, 0) is 43.2 Å². The molecule has 0 aliphatic carbocycles. The fourth-order valence-electron chi connectivity index (χ4n) is 5.51. The lowest BCUT2D eigenvalue weighted by molar-refractivity contribution is -0.179. The minimum absolute atomic E-state index is 0.0925. The van der Waals surface area contributed by atoms with Crippen LogP contribution in [0.4, 0.5) is 0 Å². The molecule has 2 saturated heterocycles. The average Bonchev–Trinajstić information content (AvgIpc) is 3.60. The van der Waals surface area contributed by atoms with Gasteiger partial charge in [0, 0.05) is 32.1 Å². The van der Waals surface area contributed by atoms with Crippen LogP contribution in [0.25, 0.3) is 22.4 Å². The van der Waals surface area contributed by atoms with E-state index in [0.717, 1.165) is 17.8 Å². The van der Waals surface area contributed by atoms with E-state index in [2.05, 4.69) is 15.1 Å². The van der Waals surface area contributed by atoms with Gasteiger partial charge in [-0.15, -0.1) is 0 Å². The maximum atomic E-state index is 13.7. The molecule has 2 fully saturated rings. The number of aromatic amines is 1. The minimum Gasteiger partial charge on any atom is -0.493 e.